The second-order valence-corrected chi connectivity index (χ2v) is 5.17. The number of fused-ring (bicyclic) bond motifs is 1. The number of rotatable bonds is 3. The third-order valence-electron chi connectivity index (χ3n) is 3.02. The van der Waals surface area contributed by atoms with Crippen molar-refractivity contribution in [3.8, 4) is 5.75 Å². The number of nitrogens with two attached hydrogens (primary N) is 1. The summed E-state index contributed by atoms with van der Waals surface area (Å²) in [5.41, 5.74) is 5.81. The van der Waals surface area contributed by atoms with E-state index >= 15 is 0 Å². The average molecular weight is 239 g/mol. The Morgan fingerprint density at radius 3 is 3.06 bits per heavy atom. The van der Waals surface area contributed by atoms with E-state index in [2.05, 4.69) is 0 Å². The van der Waals surface area contributed by atoms with Crippen molar-refractivity contribution >= 4 is 11.8 Å². The van der Waals surface area contributed by atoms with Gasteiger partial charge in [0.05, 0.1) is 12.7 Å². The molecule has 1 unspecified atom stereocenters. The zero-order valence-electron chi connectivity index (χ0n) is 9.40. The van der Waals surface area contributed by atoms with Crippen LogP contribution in [0.25, 0.3) is 0 Å². The lowest BCUT2D eigenvalue weighted by molar-refractivity contribution is 0.0227. The molecule has 0 radical (unpaired) electrons. The molecule has 0 aromatic heterocycles. The fourth-order valence-corrected chi connectivity index (χ4v) is 3.37. The van der Waals surface area contributed by atoms with Crippen LogP contribution in [0.5, 0.6) is 5.75 Å². The summed E-state index contributed by atoms with van der Waals surface area (Å²) >= 11 is 1.77. The van der Waals surface area contributed by atoms with Crippen LogP contribution in [0.15, 0.2) is 23.1 Å². The Bertz CT molecular complexity index is 383. The zero-order chi connectivity index (χ0) is 11.6. The highest BCUT2D eigenvalue weighted by atomic mass is 32.2. The second-order valence-electron chi connectivity index (χ2n) is 4.03. The lowest BCUT2D eigenvalue weighted by atomic mass is 9.87. The van der Waals surface area contributed by atoms with Crippen molar-refractivity contribution in [1.82, 2.24) is 0 Å². The number of methoxy groups -OCH3 is 1. The largest absolute Gasteiger partial charge is 0.497 e. The molecule has 1 aliphatic heterocycles. The van der Waals surface area contributed by atoms with Crippen LogP contribution in [-0.2, 0) is 5.60 Å². The van der Waals surface area contributed by atoms with Crippen LogP contribution in [0.2, 0.25) is 0 Å². The van der Waals surface area contributed by atoms with E-state index in [1.54, 1.807) is 18.9 Å². The highest BCUT2D eigenvalue weighted by Gasteiger charge is 2.34. The minimum atomic E-state index is -0.748. The Morgan fingerprint density at radius 2 is 2.38 bits per heavy atom. The molecular formula is C12H17NO2S. The summed E-state index contributed by atoms with van der Waals surface area (Å²) in [5, 5.41) is 10.6. The number of hydrogen-bond acceptors (Lipinski definition) is 4. The smallest absolute Gasteiger partial charge is 0.120 e. The molecule has 0 spiro atoms. The molecule has 2 rings (SSSR count). The van der Waals surface area contributed by atoms with Crippen molar-refractivity contribution in [2.24, 2.45) is 5.73 Å². The molecule has 1 aliphatic rings. The number of hydrogen-bond donors (Lipinski definition) is 2. The Balaban J connectivity index is 2.39. The van der Waals surface area contributed by atoms with Gasteiger partial charge in [-0.1, -0.05) is 6.07 Å². The van der Waals surface area contributed by atoms with Gasteiger partial charge >= 0.3 is 0 Å². The van der Waals surface area contributed by atoms with Gasteiger partial charge in [-0.3, -0.25) is 0 Å². The van der Waals surface area contributed by atoms with E-state index in [0.717, 1.165) is 28.4 Å². The number of aliphatic hydroxyl groups is 1. The molecular weight excluding hydrogens is 222 g/mol. The number of thioether (sulfide) groups is 1. The van der Waals surface area contributed by atoms with Gasteiger partial charge in [0.25, 0.3) is 0 Å². The summed E-state index contributed by atoms with van der Waals surface area (Å²) in [6.07, 6.45) is 1.39. The normalized spacial score (nSPS) is 23.9. The van der Waals surface area contributed by atoms with E-state index in [0.29, 0.717) is 13.0 Å². The third-order valence-corrected chi connectivity index (χ3v) is 4.08. The highest BCUT2D eigenvalue weighted by Crippen LogP contribution is 2.43. The first kappa shape index (κ1) is 11.8. The van der Waals surface area contributed by atoms with Crippen molar-refractivity contribution in [2.45, 2.75) is 23.3 Å². The van der Waals surface area contributed by atoms with Crippen molar-refractivity contribution in [3.63, 3.8) is 0 Å². The van der Waals surface area contributed by atoms with Crippen LogP contribution in [0, 0.1) is 0 Å². The van der Waals surface area contributed by atoms with Crippen LogP contribution < -0.4 is 10.5 Å². The van der Waals surface area contributed by atoms with E-state index in [-0.39, 0.29) is 0 Å². The SMILES string of the molecule is COc1ccc2c(c1)SCCC2(O)CCN. The van der Waals surface area contributed by atoms with Crippen LogP contribution in [-0.4, -0.2) is 24.5 Å². The molecule has 1 aromatic rings. The van der Waals surface area contributed by atoms with E-state index in [4.69, 9.17) is 10.5 Å². The maximum Gasteiger partial charge on any atom is 0.120 e. The van der Waals surface area contributed by atoms with Gasteiger partial charge in [0.1, 0.15) is 5.75 Å². The first-order valence-electron chi connectivity index (χ1n) is 5.43. The molecule has 4 heteroatoms. The summed E-state index contributed by atoms with van der Waals surface area (Å²) in [5.74, 6) is 1.76. The predicted octanol–water partition coefficient (Wildman–Crippen LogP) is 1.73. The highest BCUT2D eigenvalue weighted by molar-refractivity contribution is 7.99. The molecule has 1 aromatic carbocycles. The molecule has 3 nitrogen and oxygen atoms in total. The molecule has 3 N–H and O–H groups in total. The molecule has 0 saturated carbocycles. The Morgan fingerprint density at radius 1 is 1.56 bits per heavy atom. The zero-order valence-corrected chi connectivity index (χ0v) is 10.2. The van der Waals surface area contributed by atoms with Crippen LogP contribution in [0.3, 0.4) is 0 Å². The van der Waals surface area contributed by atoms with E-state index in [9.17, 15) is 5.11 Å². The number of ether oxygens (including phenoxy) is 1. The minimum Gasteiger partial charge on any atom is -0.497 e. The Labute approximate surface area is 100.0 Å². The van der Waals surface area contributed by atoms with Crippen molar-refractivity contribution in [2.75, 3.05) is 19.4 Å². The summed E-state index contributed by atoms with van der Waals surface area (Å²) in [4.78, 5) is 1.11. The quantitative estimate of drug-likeness (QED) is 0.843. The lowest BCUT2D eigenvalue weighted by Crippen LogP contribution is -2.32. The molecule has 1 atom stereocenters. The van der Waals surface area contributed by atoms with Crippen molar-refractivity contribution < 1.29 is 9.84 Å². The average Bonchev–Trinajstić information content (AvgIpc) is 2.29. The van der Waals surface area contributed by atoms with Gasteiger partial charge in [-0.2, -0.15) is 0 Å². The summed E-state index contributed by atoms with van der Waals surface area (Å²) in [6.45, 7) is 0.507. The molecule has 0 aliphatic carbocycles. The maximum absolute atomic E-state index is 10.6. The van der Waals surface area contributed by atoms with E-state index in [1.165, 1.54) is 0 Å². The molecule has 0 fully saturated rings. The van der Waals surface area contributed by atoms with E-state index in [1.807, 2.05) is 18.2 Å². The van der Waals surface area contributed by atoms with Gasteiger partial charge in [0.15, 0.2) is 0 Å². The van der Waals surface area contributed by atoms with Gasteiger partial charge in [-0.05, 0) is 37.1 Å². The summed E-state index contributed by atoms with van der Waals surface area (Å²) < 4.78 is 5.19. The standard InChI is InChI=1S/C12H17NO2S/c1-15-9-2-3-10-11(8-9)16-7-5-12(10,14)4-6-13/h2-3,8,14H,4-7,13H2,1H3. The number of benzene rings is 1. The maximum atomic E-state index is 10.6. The molecule has 0 bridgehead atoms. The summed E-state index contributed by atoms with van der Waals surface area (Å²) in [7, 11) is 1.65. The van der Waals surface area contributed by atoms with Gasteiger partial charge in [-0.15, -0.1) is 11.8 Å². The monoisotopic (exact) mass is 239 g/mol. The van der Waals surface area contributed by atoms with E-state index < -0.39 is 5.60 Å². The summed E-state index contributed by atoms with van der Waals surface area (Å²) in [6, 6.07) is 5.84. The topological polar surface area (TPSA) is 55.5 Å². The van der Waals surface area contributed by atoms with Crippen molar-refractivity contribution in [3.05, 3.63) is 23.8 Å². The molecule has 0 amide bonds. The first-order valence-corrected chi connectivity index (χ1v) is 6.42. The fourth-order valence-electron chi connectivity index (χ4n) is 2.10. The van der Waals surface area contributed by atoms with Gasteiger partial charge < -0.3 is 15.6 Å². The molecule has 1 heterocycles. The Hall–Kier alpha value is -0.710. The predicted molar refractivity (Wildman–Crippen MR) is 65.9 cm³/mol. The first-order chi connectivity index (χ1) is 7.69. The Kier molecular flexibility index (Phi) is 3.42. The van der Waals surface area contributed by atoms with Crippen LogP contribution >= 0.6 is 11.8 Å². The minimum absolute atomic E-state index is 0.507. The van der Waals surface area contributed by atoms with Gasteiger partial charge in [0, 0.05) is 10.6 Å². The van der Waals surface area contributed by atoms with Crippen LogP contribution in [0.4, 0.5) is 0 Å². The van der Waals surface area contributed by atoms with Crippen molar-refractivity contribution in [1.29, 1.82) is 0 Å². The molecule has 88 valence electrons. The van der Waals surface area contributed by atoms with Gasteiger partial charge in [-0.25, -0.2) is 0 Å². The molecule has 0 saturated heterocycles. The second kappa shape index (κ2) is 4.65. The van der Waals surface area contributed by atoms with Crippen LogP contribution in [0.1, 0.15) is 18.4 Å². The third kappa shape index (κ3) is 2.05. The fraction of sp³-hybridized carbons (Fsp3) is 0.500. The lowest BCUT2D eigenvalue weighted by Gasteiger charge is -2.34. The molecule has 16 heavy (non-hydrogen) atoms. The van der Waals surface area contributed by atoms with Gasteiger partial charge in [0.2, 0.25) is 0 Å².